The van der Waals surface area contributed by atoms with Crippen molar-refractivity contribution in [3.8, 4) is 5.75 Å². The molecule has 1 fully saturated rings. The number of halogens is 1. The van der Waals surface area contributed by atoms with Crippen molar-refractivity contribution < 1.29 is 4.74 Å². The van der Waals surface area contributed by atoms with Crippen LogP contribution in [-0.2, 0) is 0 Å². The van der Waals surface area contributed by atoms with Gasteiger partial charge in [-0.2, -0.15) is 0 Å². The van der Waals surface area contributed by atoms with Gasteiger partial charge in [-0.25, -0.2) is 0 Å². The quantitative estimate of drug-likeness (QED) is 0.872. The predicted octanol–water partition coefficient (Wildman–Crippen LogP) is 4.23. The molecule has 1 aromatic rings. The number of nitrogens with one attached hydrogen (secondary N) is 1. The largest absolute Gasteiger partial charge is 0.492 e. The number of hydrogen-bond donors (Lipinski definition) is 1. The highest BCUT2D eigenvalue weighted by atomic mass is 35.5. The van der Waals surface area contributed by atoms with Gasteiger partial charge in [-0.15, -0.1) is 0 Å². The molecule has 0 aliphatic carbocycles. The summed E-state index contributed by atoms with van der Waals surface area (Å²) in [5, 5.41) is 4.11. The molecule has 1 aliphatic rings. The SMILES string of the molecule is CCC(C)c1ccc(OCC2CCNCC2)c(Cl)c1. The molecule has 1 saturated heterocycles. The fourth-order valence-electron chi connectivity index (χ4n) is 2.43. The number of rotatable bonds is 5. The van der Waals surface area contributed by atoms with Crippen molar-refractivity contribution >= 4 is 11.6 Å². The Kier molecular flexibility index (Phi) is 5.53. The van der Waals surface area contributed by atoms with E-state index in [1.807, 2.05) is 12.1 Å². The Morgan fingerprint density at radius 1 is 1.37 bits per heavy atom. The van der Waals surface area contributed by atoms with Gasteiger partial charge in [0.1, 0.15) is 5.75 Å². The molecular weight excluding hydrogens is 258 g/mol. The Hall–Kier alpha value is -0.730. The van der Waals surface area contributed by atoms with E-state index in [9.17, 15) is 0 Å². The monoisotopic (exact) mass is 281 g/mol. The van der Waals surface area contributed by atoms with Gasteiger partial charge in [0.15, 0.2) is 0 Å². The van der Waals surface area contributed by atoms with Crippen LogP contribution in [0.15, 0.2) is 18.2 Å². The zero-order valence-corrected chi connectivity index (χ0v) is 12.7. The van der Waals surface area contributed by atoms with Crippen LogP contribution >= 0.6 is 11.6 Å². The molecular formula is C16H24ClNO. The van der Waals surface area contributed by atoms with Crippen LogP contribution in [0.3, 0.4) is 0 Å². The van der Waals surface area contributed by atoms with Crippen LogP contribution < -0.4 is 10.1 Å². The average Bonchev–Trinajstić information content (AvgIpc) is 2.46. The highest BCUT2D eigenvalue weighted by Gasteiger charge is 2.14. The lowest BCUT2D eigenvalue weighted by molar-refractivity contribution is 0.215. The van der Waals surface area contributed by atoms with E-state index >= 15 is 0 Å². The lowest BCUT2D eigenvalue weighted by Crippen LogP contribution is -2.30. The summed E-state index contributed by atoms with van der Waals surface area (Å²) >= 11 is 6.31. The Bertz CT molecular complexity index is 402. The second kappa shape index (κ2) is 7.16. The van der Waals surface area contributed by atoms with E-state index in [-0.39, 0.29) is 0 Å². The van der Waals surface area contributed by atoms with E-state index in [0.717, 1.165) is 36.9 Å². The van der Waals surface area contributed by atoms with Crippen LogP contribution in [0.5, 0.6) is 5.75 Å². The van der Waals surface area contributed by atoms with Crippen molar-refractivity contribution in [2.45, 2.75) is 39.0 Å². The highest BCUT2D eigenvalue weighted by Crippen LogP contribution is 2.30. The maximum Gasteiger partial charge on any atom is 0.137 e. The van der Waals surface area contributed by atoms with Crippen LogP contribution in [0, 0.1) is 5.92 Å². The maximum atomic E-state index is 6.31. The van der Waals surface area contributed by atoms with Gasteiger partial charge >= 0.3 is 0 Å². The summed E-state index contributed by atoms with van der Waals surface area (Å²) in [6.07, 6.45) is 3.52. The third-order valence-corrected chi connectivity index (χ3v) is 4.37. The van der Waals surface area contributed by atoms with Gasteiger partial charge in [-0.05, 0) is 61.9 Å². The second-order valence-electron chi connectivity index (χ2n) is 5.50. The molecule has 1 aliphatic heterocycles. The minimum absolute atomic E-state index is 0.552. The Balaban J connectivity index is 1.93. The topological polar surface area (TPSA) is 21.3 Å². The van der Waals surface area contributed by atoms with Gasteiger partial charge in [-0.3, -0.25) is 0 Å². The van der Waals surface area contributed by atoms with Crippen LogP contribution in [0.4, 0.5) is 0 Å². The zero-order valence-electron chi connectivity index (χ0n) is 11.9. The summed E-state index contributed by atoms with van der Waals surface area (Å²) in [6, 6.07) is 6.20. The first-order chi connectivity index (χ1) is 9.20. The molecule has 0 bridgehead atoms. The molecule has 3 heteroatoms. The summed E-state index contributed by atoms with van der Waals surface area (Å²) in [4.78, 5) is 0. The van der Waals surface area contributed by atoms with Crippen molar-refractivity contribution in [1.29, 1.82) is 0 Å². The smallest absolute Gasteiger partial charge is 0.137 e. The first-order valence-corrected chi connectivity index (χ1v) is 7.71. The van der Waals surface area contributed by atoms with Crippen LogP contribution in [0.25, 0.3) is 0 Å². The second-order valence-corrected chi connectivity index (χ2v) is 5.91. The van der Waals surface area contributed by atoms with Crippen molar-refractivity contribution in [2.24, 2.45) is 5.92 Å². The van der Waals surface area contributed by atoms with Crippen molar-refractivity contribution in [1.82, 2.24) is 5.32 Å². The lowest BCUT2D eigenvalue weighted by Gasteiger charge is -2.23. The first kappa shape index (κ1) is 14.7. The van der Waals surface area contributed by atoms with Gasteiger partial charge in [0.2, 0.25) is 0 Å². The van der Waals surface area contributed by atoms with Crippen molar-refractivity contribution in [3.63, 3.8) is 0 Å². The van der Waals surface area contributed by atoms with Crippen molar-refractivity contribution in [3.05, 3.63) is 28.8 Å². The summed E-state index contributed by atoms with van der Waals surface area (Å²) in [5.41, 5.74) is 1.29. The van der Waals surface area contributed by atoms with E-state index in [0.29, 0.717) is 11.8 Å². The predicted molar refractivity (Wildman–Crippen MR) is 81.2 cm³/mol. The van der Waals surface area contributed by atoms with Crippen LogP contribution in [0.1, 0.15) is 44.6 Å². The number of hydrogen-bond acceptors (Lipinski definition) is 2. The Labute approximate surface area is 121 Å². The minimum atomic E-state index is 0.552. The van der Waals surface area contributed by atoms with E-state index < -0.39 is 0 Å². The van der Waals surface area contributed by atoms with Gasteiger partial charge in [-0.1, -0.05) is 31.5 Å². The molecule has 1 unspecified atom stereocenters. The minimum Gasteiger partial charge on any atom is -0.492 e. The number of piperidine rings is 1. The third kappa shape index (κ3) is 4.12. The molecule has 19 heavy (non-hydrogen) atoms. The van der Waals surface area contributed by atoms with E-state index in [1.54, 1.807) is 0 Å². The summed E-state index contributed by atoms with van der Waals surface area (Å²) in [7, 11) is 0. The molecule has 0 aromatic heterocycles. The fraction of sp³-hybridized carbons (Fsp3) is 0.625. The van der Waals surface area contributed by atoms with Crippen molar-refractivity contribution in [2.75, 3.05) is 19.7 Å². The molecule has 0 radical (unpaired) electrons. The molecule has 1 atom stereocenters. The molecule has 0 saturated carbocycles. The van der Waals surface area contributed by atoms with E-state index in [2.05, 4.69) is 25.2 Å². The first-order valence-electron chi connectivity index (χ1n) is 7.33. The lowest BCUT2D eigenvalue weighted by atomic mass is 9.98. The molecule has 0 spiro atoms. The summed E-state index contributed by atoms with van der Waals surface area (Å²) < 4.78 is 5.88. The van der Waals surface area contributed by atoms with Gasteiger partial charge in [0, 0.05) is 0 Å². The molecule has 2 nitrogen and oxygen atoms in total. The molecule has 0 amide bonds. The zero-order chi connectivity index (χ0) is 13.7. The van der Waals surface area contributed by atoms with E-state index in [4.69, 9.17) is 16.3 Å². The van der Waals surface area contributed by atoms with E-state index in [1.165, 1.54) is 18.4 Å². The highest BCUT2D eigenvalue weighted by molar-refractivity contribution is 6.32. The standard InChI is InChI=1S/C16H24ClNO/c1-3-12(2)14-4-5-16(15(17)10-14)19-11-13-6-8-18-9-7-13/h4-5,10,12-13,18H,3,6-9,11H2,1-2H3. The summed E-state index contributed by atoms with van der Waals surface area (Å²) in [6.45, 7) is 7.41. The Morgan fingerprint density at radius 3 is 2.74 bits per heavy atom. The van der Waals surface area contributed by atoms with Gasteiger partial charge < -0.3 is 10.1 Å². The van der Waals surface area contributed by atoms with Crippen LogP contribution in [-0.4, -0.2) is 19.7 Å². The Morgan fingerprint density at radius 2 is 2.11 bits per heavy atom. The molecule has 1 N–H and O–H groups in total. The van der Waals surface area contributed by atoms with Crippen LogP contribution in [0.2, 0.25) is 5.02 Å². The fourth-order valence-corrected chi connectivity index (χ4v) is 2.68. The summed E-state index contributed by atoms with van der Waals surface area (Å²) in [5.74, 6) is 2.04. The number of benzene rings is 1. The molecule has 1 heterocycles. The van der Waals surface area contributed by atoms with Gasteiger partial charge in [0.25, 0.3) is 0 Å². The third-order valence-electron chi connectivity index (χ3n) is 4.07. The number of ether oxygens (including phenoxy) is 1. The van der Waals surface area contributed by atoms with Gasteiger partial charge in [0.05, 0.1) is 11.6 Å². The average molecular weight is 282 g/mol. The molecule has 106 valence electrons. The molecule has 2 rings (SSSR count). The maximum absolute atomic E-state index is 6.31. The molecule has 1 aromatic carbocycles. The normalized spacial score (nSPS) is 18.3.